The quantitative estimate of drug-likeness (QED) is 0.490. The molecule has 19 heavy (non-hydrogen) atoms. The lowest BCUT2D eigenvalue weighted by Crippen LogP contribution is -2.02. The van der Waals surface area contributed by atoms with Crippen molar-refractivity contribution >= 4 is 33.9 Å². The summed E-state index contributed by atoms with van der Waals surface area (Å²) in [6.07, 6.45) is 0. The van der Waals surface area contributed by atoms with E-state index in [0.29, 0.717) is 5.02 Å². The first-order valence-electron chi connectivity index (χ1n) is 5.22. The van der Waals surface area contributed by atoms with Crippen LogP contribution >= 0.6 is 22.9 Å². The molecule has 2 aromatic rings. The zero-order valence-electron chi connectivity index (χ0n) is 9.54. The highest BCUT2D eigenvalue weighted by atomic mass is 35.5. The summed E-state index contributed by atoms with van der Waals surface area (Å²) >= 11 is 6.59. The Labute approximate surface area is 117 Å². The molecule has 2 rings (SSSR count). The summed E-state index contributed by atoms with van der Waals surface area (Å²) in [5.41, 5.74) is 0.756. The summed E-state index contributed by atoms with van der Waals surface area (Å²) in [4.78, 5) is 21.8. The van der Waals surface area contributed by atoms with Crippen molar-refractivity contribution in [3.8, 4) is 0 Å². The number of hydrogen-bond donors (Lipinski definition) is 0. The van der Waals surface area contributed by atoms with Crippen molar-refractivity contribution in [3.63, 3.8) is 0 Å². The molecule has 0 saturated heterocycles. The standard InChI is InChI=1S/C12H8ClNO4S/c13-9-3-1-2-8(6-9)7-18-12(15)10-4-5-11(19-10)14(16)17/h1-6H,7H2. The van der Waals surface area contributed by atoms with E-state index in [9.17, 15) is 14.9 Å². The van der Waals surface area contributed by atoms with Crippen LogP contribution in [0.15, 0.2) is 36.4 Å². The lowest BCUT2D eigenvalue weighted by Gasteiger charge is -2.03. The molecule has 0 unspecified atom stereocenters. The number of ether oxygens (including phenoxy) is 1. The van der Waals surface area contributed by atoms with E-state index in [-0.39, 0.29) is 16.5 Å². The van der Waals surface area contributed by atoms with Gasteiger partial charge in [0.2, 0.25) is 0 Å². The van der Waals surface area contributed by atoms with Gasteiger partial charge in [0, 0.05) is 11.1 Å². The fourth-order valence-corrected chi connectivity index (χ4v) is 2.31. The Morgan fingerprint density at radius 3 is 2.79 bits per heavy atom. The topological polar surface area (TPSA) is 69.4 Å². The van der Waals surface area contributed by atoms with E-state index >= 15 is 0 Å². The number of thiophene rings is 1. The van der Waals surface area contributed by atoms with Gasteiger partial charge in [0.05, 0.1) is 4.92 Å². The Hall–Kier alpha value is -1.92. The van der Waals surface area contributed by atoms with E-state index in [1.807, 2.05) is 0 Å². The van der Waals surface area contributed by atoms with Crippen LogP contribution in [0.3, 0.4) is 0 Å². The third-order valence-electron chi connectivity index (χ3n) is 2.23. The number of esters is 1. The summed E-state index contributed by atoms with van der Waals surface area (Å²) in [6.45, 7) is 0.0745. The van der Waals surface area contributed by atoms with E-state index < -0.39 is 10.9 Å². The maximum Gasteiger partial charge on any atom is 0.348 e. The van der Waals surface area contributed by atoms with Crippen LogP contribution in [0.1, 0.15) is 15.2 Å². The summed E-state index contributed by atoms with van der Waals surface area (Å²) in [5, 5.41) is 11.0. The largest absolute Gasteiger partial charge is 0.457 e. The molecule has 1 heterocycles. The van der Waals surface area contributed by atoms with Gasteiger partial charge in [-0.1, -0.05) is 35.1 Å². The Bertz CT molecular complexity index is 626. The smallest absolute Gasteiger partial charge is 0.348 e. The number of hydrogen-bond acceptors (Lipinski definition) is 5. The van der Waals surface area contributed by atoms with Crippen molar-refractivity contribution in [2.45, 2.75) is 6.61 Å². The fraction of sp³-hybridized carbons (Fsp3) is 0.0833. The molecule has 1 aromatic heterocycles. The zero-order valence-corrected chi connectivity index (χ0v) is 11.1. The highest BCUT2D eigenvalue weighted by molar-refractivity contribution is 7.17. The Kier molecular flexibility index (Phi) is 4.13. The average molecular weight is 298 g/mol. The van der Waals surface area contributed by atoms with Crippen LogP contribution in [0.25, 0.3) is 0 Å². The monoisotopic (exact) mass is 297 g/mol. The van der Waals surface area contributed by atoms with Gasteiger partial charge in [0.1, 0.15) is 11.5 Å². The summed E-state index contributed by atoms with van der Waals surface area (Å²) < 4.78 is 5.05. The SMILES string of the molecule is O=C(OCc1cccc(Cl)c1)c1ccc([N+](=O)[O-])s1. The van der Waals surface area contributed by atoms with Crippen LogP contribution in [-0.4, -0.2) is 10.9 Å². The minimum atomic E-state index is -0.585. The van der Waals surface area contributed by atoms with Gasteiger partial charge >= 0.3 is 11.0 Å². The molecule has 0 aliphatic carbocycles. The van der Waals surface area contributed by atoms with E-state index in [1.54, 1.807) is 24.3 Å². The normalized spacial score (nSPS) is 10.2. The van der Waals surface area contributed by atoms with Crippen molar-refractivity contribution in [2.24, 2.45) is 0 Å². The molecule has 0 bridgehead atoms. The van der Waals surface area contributed by atoms with Gasteiger partial charge in [-0.25, -0.2) is 4.79 Å². The van der Waals surface area contributed by atoms with Gasteiger partial charge in [0.25, 0.3) is 0 Å². The van der Waals surface area contributed by atoms with Crippen molar-refractivity contribution in [1.29, 1.82) is 0 Å². The van der Waals surface area contributed by atoms with Gasteiger partial charge in [-0.15, -0.1) is 0 Å². The van der Waals surface area contributed by atoms with Crippen molar-refractivity contribution in [3.05, 3.63) is 62.0 Å². The van der Waals surface area contributed by atoms with Gasteiger partial charge in [-0.2, -0.15) is 0 Å². The molecule has 0 amide bonds. The lowest BCUT2D eigenvalue weighted by molar-refractivity contribution is -0.380. The second-order valence-corrected chi connectivity index (χ2v) is 5.10. The molecule has 0 saturated carbocycles. The second kappa shape index (κ2) is 5.81. The number of nitro groups is 1. The summed E-state index contributed by atoms with van der Waals surface area (Å²) in [7, 11) is 0. The van der Waals surface area contributed by atoms with Crippen molar-refractivity contribution < 1.29 is 14.5 Å². The van der Waals surface area contributed by atoms with Gasteiger partial charge in [0.15, 0.2) is 0 Å². The van der Waals surface area contributed by atoms with Crippen LogP contribution in [0.2, 0.25) is 5.02 Å². The van der Waals surface area contributed by atoms with E-state index in [4.69, 9.17) is 16.3 Å². The number of carbonyl (C=O) groups excluding carboxylic acids is 1. The van der Waals surface area contributed by atoms with E-state index in [2.05, 4.69) is 0 Å². The molecular weight excluding hydrogens is 290 g/mol. The van der Waals surface area contributed by atoms with Gasteiger partial charge in [-0.3, -0.25) is 10.1 Å². The fourth-order valence-electron chi connectivity index (χ4n) is 1.38. The first kappa shape index (κ1) is 13.5. The lowest BCUT2D eigenvalue weighted by atomic mass is 10.2. The molecule has 0 N–H and O–H groups in total. The van der Waals surface area contributed by atoms with Gasteiger partial charge in [-0.05, 0) is 23.8 Å². The Balaban J connectivity index is 1.99. The number of halogens is 1. The number of nitrogens with zero attached hydrogens (tertiary/aromatic N) is 1. The molecule has 7 heteroatoms. The Morgan fingerprint density at radius 2 is 2.16 bits per heavy atom. The third-order valence-corrected chi connectivity index (χ3v) is 3.48. The van der Waals surface area contributed by atoms with Crippen LogP contribution in [0.5, 0.6) is 0 Å². The highest BCUT2D eigenvalue weighted by Crippen LogP contribution is 2.24. The number of carbonyl (C=O) groups is 1. The molecule has 5 nitrogen and oxygen atoms in total. The van der Waals surface area contributed by atoms with E-state index in [1.165, 1.54) is 12.1 Å². The molecule has 0 atom stereocenters. The molecule has 1 aromatic carbocycles. The maximum atomic E-state index is 11.7. The molecule has 0 radical (unpaired) electrons. The number of rotatable bonds is 4. The van der Waals surface area contributed by atoms with Crippen LogP contribution in [0, 0.1) is 10.1 Å². The molecule has 0 fully saturated rings. The molecule has 0 aliphatic heterocycles. The first-order chi connectivity index (χ1) is 9.06. The predicted octanol–water partition coefficient (Wildman–Crippen LogP) is 3.67. The van der Waals surface area contributed by atoms with Crippen LogP contribution in [0.4, 0.5) is 5.00 Å². The minimum Gasteiger partial charge on any atom is -0.457 e. The first-order valence-corrected chi connectivity index (χ1v) is 6.41. The second-order valence-electron chi connectivity index (χ2n) is 3.60. The molecule has 0 spiro atoms. The summed E-state index contributed by atoms with van der Waals surface area (Å²) in [6, 6.07) is 9.59. The Morgan fingerprint density at radius 1 is 1.37 bits per heavy atom. The third kappa shape index (κ3) is 3.52. The zero-order chi connectivity index (χ0) is 13.8. The average Bonchev–Trinajstić information content (AvgIpc) is 2.86. The minimum absolute atomic E-state index is 0.0745. The maximum absolute atomic E-state index is 11.7. The van der Waals surface area contributed by atoms with Crippen molar-refractivity contribution in [1.82, 2.24) is 0 Å². The predicted molar refractivity (Wildman–Crippen MR) is 71.5 cm³/mol. The summed E-state index contributed by atoms with van der Waals surface area (Å²) in [5.74, 6) is -0.585. The van der Waals surface area contributed by atoms with Crippen molar-refractivity contribution in [2.75, 3.05) is 0 Å². The van der Waals surface area contributed by atoms with Crippen LogP contribution in [-0.2, 0) is 11.3 Å². The highest BCUT2D eigenvalue weighted by Gasteiger charge is 2.16. The van der Waals surface area contributed by atoms with Crippen LogP contribution < -0.4 is 0 Å². The number of benzene rings is 1. The van der Waals surface area contributed by atoms with E-state index in [0.717, 1.165) is 16.9 Å². The molecule has 98 valence electrons. The molecule has 0 aliphatic rings. The molecular formula is C12H8ClNO4S. The van der Waals surface area contributed by atoms with Gasteiger partial charge < -0.3 is 4.74 Å².